The van der Waals surface area contributed by atoms with Gasteiger partial charge in [-0.1, -0.05) is 84.9 Å². The highest BCUT2D eigenvalue weighted by molar-refractivity contribution is 7.26. The van der Waals surface area contributed by atoms with Crippen LogP contribution in [-0.2, 0) is 0 Å². The Morgan fingerprint density at radius 2 is 1.33 bits per heavy atom. The molecule has 0 aliphatic rings. The van der Waals surface area contributed by atoms with Gasteiger partial charge >= 0.3 is 0 Å². The Morgan fingerprint density at radius 3 is 2.26 bits per heavy atom. The molecule has 0 saturated heterocycles. The van der Waals surface area contributed by atoms with Crippen LogP contribution in [0.15, 0.2) is 132 Å². The Balaban J connectivity index is 1.33. The highest BCUT2D eigenvalue weighted by atomic mass is 32.1. The molecule has 0 aliphatic carbocycles. The van der Waals surface area contributed by atoms with E-state index in [0.29, 0.717) is 0 Å². The Morgan fingerprint density at radius 1 is 0.538 bits per heavy atom. The van der Waals surface area contributed by atoms with Crippen LogP contribution < -0.4 is 0 Å². The number of rotatable bonds is 2. The van der Waals surface area contributed by atoms with Crippen molar-refractivity contribution in [2.45, 2.75) is 0 Å². The van der Waals surface area contributed by atoms with E-state index in [1.807, 2.05) is 11.3 Å². The Hall–Kier alpha value is -4.86. The van der Waals surface area contributed by atoms with Crippen LogP contribution in [0, 0.1) is 0 Å². The van der Waals surface area contributed by atoms with Gasteiger partial charge in [-0.05, 0) is 58.8 Å². The molecule has 0 unspecified atom stereocenters. The van der Waals surface area contributed by atoms with Crippen LogP contribution in [0.4, 0.5) is 0 Å². The lowest BCUT2D eigenvalue weighted by atomic mass is 10.00. The molecule has 9 rings (SSSR count). The van der Waals surface area contributed by atoms with Gasteiger partial charge in [-0.25, -0.2) is 0 Å². The largest absolute Gasteiger partial charge is 0.453 e. The predicted molar refractivity (Wildman–Crippen MR) is 166 cm³/mol. The van der Waals surface area contributed by atoms with Crippen molar-refractivity contribution in [1.82, 2.24) is 4.57 Å². The third-order valence-corrected chi connectivity index (χ3v) is 9.11. The van der Waals surface area contributed by atoms with E-state index in [0.717, 1.165) is 44.2 Å². The first-order valence-electron chi connectivity index (χ1n) is 13.2. The summed E-state index contributed by atoms with van der Waals surface area (Å²) in [6.45, 7) is 0. The molecule has 6 aromatic carbocycles. The van der Waals surface area contributed by atoms with Gasteiger partial charge in [-0.3, -0.25) is 0 Å². The molecule has 0 N–H and O–H groups in total. The van der Waals surface area contributed by atoms with Gasteiger partial charge in [0, 0.05) is 42.2 Å². The van der Waals surface area contributed by atoms with E-state index in [1.165, 1.54) is 36.5 Å². The molecule has 0 bridgehead atoms. The number of hydrogen-bond acceptors (Lipinski definition) is 2. The number of furan rings is 1. The fraction of sp³-hybridized carbons (Fsp3) is 0. The number of aromatic nitrogens is 1. The number of para-hydroxylation sites is 3. The summed E-state index contributed by atoms with van der Waals surface area (Å²) < 4.78 is 11.7. The van der Waals surface area contributed by atoms with Crippen molar-refractivity contribution in [2.24, 2.45) is 0 Å². The van der Waals surface area contributed by atoms with E-state index in [9.17, 15) is 0 Å². The number of thiophene rings is 1. The van der Waals surface area contributed by atoms with E-state index in [1.54, 1.807) is 0 Å². The summed E-state index contributed by atoms with van der Waals surface area (Å²) in [6.07, 6.45) is 0. The first-order chi connectivity index (χ1) is 19.3. The second kappa shape index (κ2) is 7.83. The lowest BCUT2D eigenvalue weighted by Gasteiger charge is -2.08. The van der Waals surface area contributed by atoms with Crippen LogP contribution in [0.25, 0.3) is 80.7 Å². The van der Waals surface area contributed by atoms with Gasteiger partial charge < -0.3 is 8.98 Å². The minimum Gasteiger partial charge on any atom is -0.453 e. The SMILES string of the molecule is c1ccc(-n2c3ccccc3c3oc4c(-c5ccc6c(c5)sc5ccc7ccccc7c56)cccc4c32)cc1. The monoisotopic (exact) mass is 515 g/mol. The number of hydrogen-bond donors (Lipinski definition) is 0. The standard InChI is InChI=1S/C36H21NOS/c1-2-10-24(11-3-1)37-30-16-7-6-13-27(30)36-34(37)29-15-8-14-26(35(29)38-36)23-17-19-28-32(21-23)39-31-20-18-22-9-4-5-12-25(22)33(28)31/h1-21H. The summed E-state index contributed by atoms with van der Waals surface area (Å²) in [4.78, 5) is 0. The van der Waals surface area contributed by atoms with Gasteiger partial charge in [0.25, 0.3) is 0 Å². The first-order valence-corrected chi connectivity index (χ1v) is 14.0. The normalized spacial score (nSPS) is 12.1. The van der Waals surface area contributed by atoms with Gasteiger partial charge in [-0.15, -0.1) is 11.3 Å². The second-order valence-electron chi connectivity index (χ2n) is 10.1. The predicted octanol–water partition coefficient (Wildman–Crippen LogP) is 10.7. The summed E-state index contributed by atoms with van der Waals surface area (Å²) in [7, 11) is 0. The molecule has 3 heteroatoms. The Bertz CT molecular complexity index is 2390. The van der Waals surface area contributed by atoms with Crippen molar-refractivity contribution in [3.63, 3.8) is 0 Å². The third-order valence-electron chi connectivity index (χ3n) is 7.99. The third kappa shape index (κ3) is 2.91. The molecule has 0 aliphatic heterocycles. The van der Waals surface area contributed by atoms with Crippen LogP contribution in [0.2, 0.25) is 0 Å². The smallest absolute Gasteiger partial charge is 0.161 e. The first kappa shape index (κ1) is 21.1. The molecule has 182 valence electrons. The Labute approximate surface area is 227 Å². The van der Waals surface area contributed by atoms with Gasteiger partial charge in [0.15, 0.2) is 5.58 Å². The molecule has 9 aromatic rings. The van der Waals surface area contributed by atoms with Crippen molar-refractivity contribution < 1.29 is 4.42 Å². The molecule has 0 spiro atoms. The van der Waals surface area contributed by atoms with Crippen LogP contribution in [0.5, 0.6) is 0 Å². The molecule has 0 atom stereocenters. The van der Waals surface area contributed by atoms with Crippen LogP contribution in [0.3, 0.4) is 0 Å². The molecule has 3 aromatic heterocycles. The van der Waals surface area contributed by atoms with Crippen molar-refractivity contribution in [2.75, 3.05) is 0 Å². The maximum Gasteiger partial charge on any atom is 0.161 e. The molecular formula is C36H21NOS. The molecule has 0 radical (unpaired) electrons. The Kier molecular flexibility index (Phi) is 4.24. The fourth-order valence-corrected chi connectivity index (χ4v) is 7.44. The van der Waals surface area contributed by atoms with E-state index >= 15 is 0 Å². The van der Waals surface area contributed by atoms with Crippen molar-refractivity contribution in [1.29, 1.82) is 0 Å². The van der Waals surface area contributed by atoms with Crippen molar-refractivity contribution >= 4 is 75.3 Å². The summed E-state index contributed by atoms with van der Waals surface area (Å²) >= 11 is 1.86. The zero-order chi connectivity index (χ0) is 25.5. The van der Waals surface area contributed by atoms with Crippen molar-refractivity contribution in [3.8, 4) is 16.8 Å². The quantitative estimate of drug-likeness (QED) is 0.224. The van der Waals surface area contributed by atoms with Gasteiger partial charge in [0.2, 0.25) is 0 Å². The molecular weight excluding hydrogens is 494 g/mol. The van der Waals surface area contributed by atoms with Crippen LogP contribution in [0.1, 0.15) is 0 Å². The summed E-state index contributed by atoms with van der Waals surface area (Å²) in [5, 5.41) is 7.53. The van der Waals surface area contributed by atoms with Crippen molar-refractivity contribution in [3.05, 3.63) is 127 Å². The lowest BCUT2D eigenvalue weighted by Crippen LogP contribution is -1.92. The minimum absolute atomic E-state index is 0.934. The van der Waals surface area contributed by atoms with Gasteiger partial charge in [-0.2, -0.15) is 0 Å². The second-order valence-corrected chi connectivity index (χ2v) is 11.2. The molecule has 0 amide bonds. The molecule has 3 heterocycles. The summed E-state index contributed by atoms with van der Waals surface area (Å²) in [6, 6.07) is 45.6. The molecule has 0 saturated carbocycles. The van der Waals surface area contributed by atoms with E-state index in [4.69, 9.17) is 4.42 Å². The summed E-state index contributed by atoms with van der Waals surface area (Å²) in [5.74, 6) is 0. The van der Waals surface area contributed by atoms with Crippen LogP contribution >= 0.6 is 11.3 Å². The zero-order valence-electron chi connectivity index (χ0n) is 20.9. The maximum atomic E-state index is 6.76. The molecule has 2 nitrogen and oxygen atoms in total. The number of benzene rings is 6. The van der Waals surface area contributed by atoms with E-state index < -0.39 is 0 Å². The molecule has 0 fully saturated rings. The highest BCUT2D eigenvalue weighted by Gasteiger charge is 2.21. The maximum absolute atomic E-state index is 6.76. The van der Waals surface area contributed by atoms with Crippen LogP contribution in [-0.4, -0.2) is 4.57 Å². The lowest BCUT2D eigenvalue weighted by molar-refractivity contribution is 0.674. The minimum atomic E-state index is 0.934. The summed E-state index contributed by atoms with van der Waals surface area (Å²) in [5.41, 5.74) is 7.58. The average Bonchev–Trinajstić information content (AvgIpc) is 3.66. The zero-order valence-corrected chi connectivity index (χ0v) is 21.7. The number of fused-ring (bicyclic) bond motifs is 10. The average molecular weight is 516 g/mol. The topological polar surface area (TPSA) is 18.1 Å². The van der Waals surface area contributed by atoms with Gasteiger partial charge in [0.05, 0.1) is 5.52 Å². The highest BCUT2D eigenvalue weighted by Crippen LogP contribution is 2.44. The van der Waals surface area contributed by atoms with E-state index in [2.05, 4.69) is 132 Å². The number of nitrogens with zero attached hydrogens (tertiary/aromatic N) is 1. The molecule has 39 heavy (non-hydrogen) atoms. The fourth-order valence-electron chi connectivity index (χ4n) is 6.28. The van der Waals surface area contributed by atoms with Gasteiger partial charge in [0.1, 0.15) is 11.1 Å². The van der Waals surface area contributed by atoms with E-state index in [-0.39, 0.29) is 0 Å².